The lowest BCUT2D eigenvalue weighted by Gasteiger charge is -2.19. The van der Waals surface area contributed by atoms with E-state index in [1.807, 2.05) is 6.07 Å². The van der Waals surface area contributed by atoms with E-state index in [-0.39, 0.29) is 6.54 Å². The van der Waals surface area contributed by atoms with Crippen molar-refractivity contribution in [2.75, 3.05) is 13.7 Å². The number of carbonyl (C=O) groups is 2. The predicted molar refractivity (Wildman–Crippen MR) is 83.6 cm³/mol. The maximum atomic E-state index is 11.6. The Kier molecular flexibility index (Phi) is 6.00. The first-order valence-electron chi connectivity index (χ1n) is 6.88. The molecule has 0 spiro atoms. The van der Waals surface area contributed by atoms with Crippen LogP contribution in [-0.4, -0.2) is 31.3 Å². The highest BCUT2D eigenvalue weighted by Gasteiger charge is 2.15. The van der Waals surface area contributed by atoms with Gasteiger partial charge in [-0.2, -0.15) is 0 Å². The van der Waals surface area contributed by atoms with E-state index in [1.54, 1.807) is 39.8 Å². The fourth-order valence-corrected chi connectivity index (χ4v) is 1.67. The molecule has 0 aromatic heterocycles. The van der Waals surface area contributed by atoms with Crippen LogP contribution in [-0.2, 0) is 9.47 Å². The second-order valence-corrected chi connectivity index (χ2v) is 5.63. The number of hydrogen-bond acceptors (Lipinski definition) is 4. The molecule has 1 N–H and O–H groups in total. The van der Waals surface area contributed by atoms with Crippen molar-refractivity contribution in [2.24, 2.45) is 0 Å². The minimum Gasteiger partial charge on any atom is -0.465 e. The number of esters is 1. The molecule has 0 fully saturated rings. The first-order valence-corrected chi connectivity index (χ1v) is 6.88. The van der Waals surface area contributed by atoms with Gasteiger partial charge in [-0.25, -0.2) is 9.59 Å². The third kappa shape index (κ3) is 5.49. The van der Waals surface area contributed by atoms with Crippen molar-refractivity contribution in [3.63, 3.8) is 0 Å². The van der Waals surface area contributed by atoms with Gasteiger partial charge in [-0.05, 0) is 45.4 Å². The first-order chi connectivity index (χ1) is 10.2. The van der Waals surface area contributed by atoms with Gasteiger partial charge in [0.2, 0.25) is 0 Å². The van der Waals surface area contributed by atoms with Crippen LogP contribution in [0, 0.1) is 18.8 Å². The number of alkyl carbamates (subject to hydrolysis) is 1. The van der Waals surface area contributed by atoms with E-state index in [0.29, 0.717) is 11.1 Å². The van der Waals surface area contributed by atoms with Crippen molar-refractivity contribution < 1.29 is 19.1 Å². The summed E-state index contributed by atoms with van der Waals surface area (Å²) in [6, 6.07) is 5.23. The molecular weight excluding hydrogens is 282 g/mol. The highest BCUT2D eigenvalue weighted by Crippen LogP contribution is 2.13. The van der Waals surface area contributed by atoms with Crippen LogP contribution < -0.4 is 5.32 Å². The lowest BCUT2D eigenvalue weighted by Crippen LogP contribution is -2.32. The number of ether oxygens (including phenoxy) is 2. The number of rotatable bonds is 2. The van der Waals surface area contributed by atoms with Gasteiger partial charge in [-0.15, -0.1) is 0 Å². The molecule has 22 heavy (non-hydrogen) atoms. The van der Waals surface area contributed by atoms with E-state index in [4.69, 9.17) is 9.47 Å². The number of hydrogen-bond donors (Lipinski definition) is 1. The normalized spacial score (nSPS) is 10.2. The van der Waals surface area contributed by atoms with Gasteiger partial charge < -0.3 is 14.8 Å². The average Bonchev–Trinajstić information content (AvgIpc) is 2.42. The summed E-state index contributed by atoms with van der Waals surface area (Å²) in [6.07, 6.45) is -0.512. The lowest BCUT2D eigenvalue weighted by atomic mass is 10.0. The van der Waals surface area contributed by atoms with E-state index in [9.17, 15) is 9.59 Å². The molecule has 0 aliphatic carbocycles. The van der Waals surface area contributed by atoms with Gasteiger partial charge in [0, 0.05) is 5.56 Å². The smallest absolute Gasteiger partial charge is 0.408 e. The average molecular weight is 303 g/mol. The van der Waals surface area contributed by atoms with Crippen LogP contribution in [0.4, 0.5) is 4.79 Å². The van der Waals surface area contributed by atoms with Crippen LogP contribution >= 0.6 is 0 Å². The highest BCUT2D eigenvalue weighted by molar-refractivity contribution is 5.91. The van der Waals surface area contributed by atoms with Crippen molar-refractivity contribution >= 4 is 12.1 Å². The zero-order chi connectivity index (χ0) is 16.8. The molecule has 0 unspecified atom stereocenters. The third-order valence-electron chi connectivity index (χ3n) is 2.68. The SMILES string of the molecule is COC(=O)c1cccc(C#CCNC(=O)OC(C)(C)C)c1C. The molecule has 5 nitrogen and oxygen atoms in total. The molecule has 0 atom stereocenters. The van der Waals surface area contributed by atoms with Crippen molar-refractivity contribution in [3.8, 4) is 11.8 Å². The van der Waals surface area contributed by atoms with Gasteiger partial charge >= 0.3 is 12.1 Å². The Morgan fingerprint density at radius 2 is 1.95 bits per heavy atom. The standard InChI is InChI=1S/C17H21NO4/c1-12-13(8-6-10-14(12)15(19)21-5)9-7-11-18-16(20)22-17(2,3)4/h6,8,10H,11H2,1-5H3,(H,18,20). The Morgan fingerprint density at radius 3 is 2.55 bits per heavy atom. The molecule has 0 radical (unpaired) electrons. The van der Waals surface area contributed by atoms with Gasteiger partial charge in [0.25, 0.3) is 0 Å². The maximum Gasteiger partial charge on any atom is 0.408 e. The zero-order valence-electron chi connectivity index (χ0n) is 13.6. The van der Waals surface area contributed by atoms with Gasteiger partial charge in [0.15, 0.2) is 0 Å². The summed E-state index contributed by atoms with van der Waals surface area (Å²) in [5.74, 6) is 5.36. The molecule has 5 heteroatoms. The number of nitrogens with one attached hydrogen (secondary N) is 1. The van der Waals surface area contributed by atoms with Crippen molar-refractivity contribution in [2.45, 2.75) is 33.3 Å². The molecule has 118 valence electrons. The number of benzene rings is 1. The van der Waals surface area contributed by atoms with Crippen LogP contribution in [0.25, 0.3) is 0 Å². The summed E-state index contributed by atoms with van der Waals surface area (Å²) >= 11 is 0. The van der Waals surface area contributed by atoms with E-state index >= 15 is 0 Å². The fourth-order valence-electron chi connectivity index (χ4n) is 1.67. The van der Waals surface area contributed by atoms with Crippen LogP contribution in [0.1, 0.15) is 42.3 Å². The van der Waals surface area contributed by atoms with Gasteiger partial charge in [-0.1, -0.05) is 17.9 Å². The summed E-state index contributed by atoms with van der Waals surface area (Å²) in [5, 5.41) is 2.55. The van der Waals surface area contributed by atoms with Crippen LogP contribution in [0.15, 0.2) is 18.2 Å². The largest absolute Gasteiger partial charge is 0.465 e. The van der Waals surface area contributed by atoms with E-state index < -0.39 is 17.7 Å². The van der Waals surface area contributed by atoms with Gasteiger partial charge in [0.05, 0.1) is 19.2 Å². The summed E-state index contributed by atoms with van der Waals surface area (Å²) in [7, 11) is 1.34. The molecule has 0 aliphatic rings. The Labute approximate surface area is 131 Å². The minimum atomic E-state index is -0.539. The molecule has 0 saturated carbocycles. The van der Waals surface area contributed by atoms with Crippen molar-refractivity contribution in [1.82, 2.24) is 5.32 Å². The van der Waals surface area contributed by atoms with E-state index in [2.05, 4.69) is 17.2 Å². The molecule has 1 amide bonds. The topological polar surface area (TPSA) is 64.6 Å². The second-order valence-electron chi connectivity index (χ2n) is 5.63. The number of carbonyl (C=O) groups excluding carboxylic acids is 2. The monoisotopic (exact) mass is 303 g/mol. The van der Waals surface area contributed by atoms with Crippen molar-refractivity contribution in [1.29, 1.82) is 0 Å². The summed E-state index contributed by atoms with van der Waals surface area (Å²) in [5.41, 5.74) is 1.41. The molecule has 0 saturated heterocycles. The molecule has 0 heterocycles. The number of amides is 1. The van der Waals surface area contributed by atoms with E-state index in [1.165, 1.54) is 7.11 Å². The summed E-state index contributed by atoms with van der Waals surface area (Å²) in [4.78, 5) is 23.1. The molecular formula is C17H21NO4. The lowest BCUT2D eigenvalue weighted by molar-refractivity contribution is 0.0533. The van der Waals surface area contributed by atoms with E-state index in [0.717, 1.165) is 5.56 Å². The van der Waals surface area contributed by atoms with Crippen LogP contribution in [0.5, 0.6) is 0 Å². The highest BCUT2D eigenvalue weighted by atomic mass is 16.6. The quantitative estimate of drug-likeness (QED) is 0.674. The molecule has 0 bridgehead atoms. The van der Waals surface area contributed by atoms with Crippen molar-refractivity contribution in [3.05, 3.63) is 34.9 Å². The molecule has 1 aromatic carbocycles. The Morgan fingerprint density at radius 1 is 1.27 bits per heavy atom. The predicted octanol–water partition coefficient (Wildman–Crippen LogP) is 2.66. The summed E-state index contributed by atoms with van der Waals surface area (Å²) < 4.78 is 9.81. The third-order valence-corrected chi connectivity index (χ3v) is 2.68. The Balaban J connectivity index is 2.70. The fraction of sp³-hybridized carbons (Fsp3) is 0.412. The maximum absolute atomic E-state index is 11.6. The van der Waals surface area contributed by atoms with Gasteiger partial charge in [0.1, 0.15) is 5.60 Å². The van der Waals surface area contributed by atoms with Gasteiger partial charge in [-0.3, -0.25) is 0 Å². The van der Waals surface area contributed by atoms with Crippen LogP contribution in [0.2, 0.25) is 0 Å². The first kappa shape index (κ1) is 17.6. The molecule has 1 aromatic rings. The second kappa shape index (κ2) is 7.51. The Hall–Kier alpha value is -2.48. The number of methoxy groups -OCH3 is 1. The summed E-state index contributed by atoms with van der Waals surface area (Å²) in [6.45, 7) is 7.34. The Bertz CT molecular complexity index is 618. The minimum absolute atomic E-state index is 0.163. The van der Waals surface area contributed by atoms with Crippen LogP contribution in [0.3, 0.4) is 0 Å². The zero-order valence-corrected chi connectivity index (χ0v) is 13.6. The molecule has 0 aliphatic heterocycles. The molecule has 1 rings (SSSR count).